The Labute approximate surface area is 150 Å². The Morgan fingerprint density at radius 3 is 2.48 bits per heavy atom. The molecule has 4 nitrogen and oxygen atoms in total. The van der Waals surface area contributed by atoms with Gasteiger partial charge in [-0.05, 0) is 30.2 Å². The molecule has 25 heavy (non-hydrogen) atoms. The Hall–Kier alpha value is -2.79. The van der Waals surface area contributed by atoms with Crippen LogP contribution in [0.25, 0.3) is 11.1 Å². The van der Waals surface area contributed by atoms with Crippen LogP contribution in [0.2, 0.25) is 0 Å². The number of carbonyl (C=O) groups excluding carboxylic acids is 1. The lowest BCUT2D eigenvalue weighted by atomic mass is 10.0. The summed E-state index contributed by atoms with van der Waals surface area (Å²) in [5.41, 5.74) is 9.19. The number of esters is 1. The van der Waals surface area contributed by atoms with E-state index < -0.39 is 0 Å². The molecule has 5 heteroatoms. The fourth-order valence-corrected chi connectivity index (χ4v) is 3.28. The molecular weight excluding hydrogens is 334 g/mol. The van der Waals surface area contributed by atoms with Gasteiger partial charge in [-0.25, -0.2) is 4.79 Å². The van der Waals surface area contributed by atoms with E-state index in [1.807, 2.05) is 60.0 Å². The second kappa shape index (κ2) is 7.85. The van der Waals surface area contributed by atoms with Crippen molar-refractivity contribution < 1.29 is 14.3 Å². The number of nitrogens with two attached hydrogens (primary N) is 1. The average Bonchev–Trinajstić information content (AvgIpc) is 3.03. The first-order valence-electron chi connectivity index (χ1n) is 8.00. The quantitative estimate of drug-likeness (QED) is 0.650. The SMILES string of the molecule is CCOC(=O)c1c(-c2ccc(OCc3ccccc3)cc2)csc1N. The maximum absolute atomic E-state index is 12.1. The highest BCUT2D eigenvalue weighted by Gasteiger charge is 2.19. The van der Waals surface area contributed by atoms with E-state index in [1.165, 1.54) is 11.3 Å². The molecule has 128 valence electrons. The largest absolute Gasteiger partial charge is 0.489 e. The van der Waals surface area contributed by atoms with Crippen LogP contribution in [0.3, 0.4) is 0 Å². The van der Waals surface area contributed by atoms with Gasteiger partial charge in [-0.2, -0.15) is 0 Å². The predicted molar refractivity (Wildman–Crippen MR) is 101 cm³/mol. The zero-order chi connectivity index (χ0) is 17.6. The number of benzene rings is 2. The lowest BCUT2D eigenvalue weighted by Crippen LogP contribution is -2.07. The average molecular weight is 353 g/mol. The minimum absolute atomic E-state index is 0.319. The first kappa shape index (κ1) is 17.0. The molecule has 0 atom stereocenters. The predicted octanol–water partition coefficient (Wildman–Crippen LogP) is 4.75. The van der Waals surface area contributed by atoms with E-state index in [-0.39, 0.29) is 5.97 Å². The zero-order valence-electron chi connectivity index (χ0n) is 13.9. The molecule has 2 N–H and O–H groups in total. The zero-order valence-corrected chi connectivity index (χ0v) is 14.7. The molecule has 1 heterocycles. The molecule has 0 saturated carbocycles. The molecule has 0 aliphatic carbocycles. The Bertz CT molecular complexity index is 841. The van der Waals surface area contributed by atoms with Gasteiger partial charge in [0, 0.05) is 10.9 Å². The van der Waals surface area contributed by atoms with Crippen LogP contribution >= 0.6 is 11.3 Å². The molecule has 0 unspecified atom stereocenters. The number of hydrogen-bond donors (Lipinski definition) is 1. The van der Waals surface area contributed by atoms with Gasteiger partial charge in [0.1, 0.15) is 22.9 Å². The van der Waals surface area contributed by atoms with Crippen LogP contribution < -0.4 is 10.5 Å². The molecule has 0 saturated heterocycles. The molecule has 3 rings (SSSR count). The summed E-state index contributed by atoms with van der Waals surface area (Å²) in [7, 11) is 0. The van der Waals surface area contributed by atoms with Gasteiger partial charge in [0.15, 0.2) is 0 Å². The summed E-state index contributed by atoms with van der Waals surface area (Å²) in [6.07, 6.45) is 0. The molecule has 1 aromatic heterocycles. The highest BCUT2D eigenvalue weighted by atomic mass is 32.1. The maximum Gasteiger partial charge on any atom is 0.341 e. The van der Waals surface area contributed by atoms with Gasteiger partial charge in [0.25, 0.3) is 0 Å². The van der Waals surface area contributed by atoms with Gasteiger partial charge in [0.05, 0.1) is 6.61 Å². The third kappa shape index (κ3) is 4.00. The van der Waals surface area contributed by atoms with Crippen LogP contribution in [0.4, 0.5) is 5.00 Å². The number of anilines is 1. The van der Waals surface area contributed by atoms with Crippen LogP contribution in [0, 0.1) is 0 Å². The summed E-state index contributed by atoms with van der Waals surface area (Å²) < 4.78 is 10.9. The molecule has 0 amide bonds. The number of hydrogen-bond acceptors (Lipinski definition) is 5. The van der Waals surface area contributed by atoms with Crippen LogP contribution in [-0.2, 0) is 11.3 Å². The standard InChI is InChI=1S/C20H19NO3S/c1-2-23-20(22)18-17(13-25-19(18)21)15-8-10-16(11-9-15)24-12-14-6-4-3-5-7-14/h3-11,13H,2,12,21H2,1H3. The molecule has 0 aliphatic rings. The van der Waals surface area contributed by atoms with Crippen LogP contribution in [0.15, 0.2) is 60.0 Å². The van der Waals surface area contributed by atoms with E-state index in [2.05, 4.69) is 0 Å². The first-order chi connectivity index (χ1) is 12.2. The lowest BCUT2D eigenvalue weighted by molar-refractivity contribution is 0.0529. The molecule has 0 aliphatic heterocycles. The van der Waals surface area contributed by atoms with Gasteiger partial charge < -0.3 is 15.2 Å². The molecule has 0 bridgehead atoms. The fourth-order valence-electron chi connectivity index (χ4n) is 2.47. The fraction of sp³-hybridized carbons (Fsp3) is 0.150. The van der Waals surface area contributed by atoms with Crippen molar-refractivity contribution in [1.82, 2.24) is 0 Å². The van der Waals surface area contributed by atoms with Crippen LogP contribution in [0.5, 0.6) is 5.75 Å². The van der Waals surface area contributed by atoms with Crippen molar-refractivity contribution in [2.24, 2.45) is 0 Å². The summed E-state index contributed by atoms with van der Waals surface area (Å²) in [4.78, 5) is 12.1. The second-order valence-corrected chi connectivity index (χ2v) is 6.32. The molecule has 0 fully saturated rings. The highest BCUT2D eigenvalue weighted by molar-refractivity contribution is 7.14. The van der Waals surface area contributed by atoms with E-state index in [0.717, 1.165) is 22.4 Å². The van der Waals surface area contributed by atoms with Gasteiger partial charge in [-0.3, -0.25) is 0 Å². The Morgan fingerprint density at radius 2 is 1.80 bits per heavy atom. The Kier molecular flexibility index (Phi) is 5.36. The first-order valence-corrected chi connectivity index (χ1v) is 8.88. The van der Waals surface area contributed by atoms with Crippen molar-refractivity contribution in [3.05, 3.63) is 71.1 Å². The summed E-state index contributed by atoms with van der Waals surface area (Å²) in [6, 6.07) is 17.6. The molecule has 0 radical (unpaired) electrons. The van der Waals surface area contributed by atoms with Crippen molar-refractivity contribution in [2.75, 3.05) is 12.3 Å². The molecule has 2 aromatic carbocycles. The van der Waals surface area contributed by atoms with E-state index in [1.54, 1.807) is 6.92 Å². The third-order valence-corrected chi connectivity index (χ3v) is 4.52. The number of nitrogen functional groups attached to an aromatic ring is 1. The van der Waals surface area contributed by atoms with Gasteiger partial charge in [-0.1, -0.05) is 42.5 Å². The van der Waals surface area contributed by atoms with Crippen LogP contribution in [-0.4, -0.2) is 12.6 Å². The van der Waals surface area contributed by atoms with Crippen molar-refractivity contribution >= 4 is 22.3 Å². The van der Waals surface area contributed by atoms with Gasteiger partial charge >= 0.3 is 5.97 Å². The van der Waals surface area contributed by atoms with Crippen molar-refractivity contribution in [1.29, 1.82) is 0 Å². The number of rotatable bonds is 6. The Morgan fingerprint density at radius 1 is 1.08 bits per heavy atom. The van der Waals surface area contributed by atoms with Crippen molar-refractivity contribution in [2.45, 2.75) is 13.5 Å². The maximum atomic E-state index is 12.1. The van der Waals surface area contributed by atoms with Gasteiger partial charge in [0.2, 0.25) is 0 Å². The minimum Gasteiger partial charge on any atom is -0.489 e. The second-order valence-electron chi connectivity index (χ2n) is 5.41. The normalized spacial score (nSPS) is 10.4. The lowest BCUT2D eigenvalue weighted by Gasteiger charge is -2.08. The summed E-state index contributed by atoms with van der Waals surface area (Å²) in [5, 5.41) is 2.35. The summed E-state index contributed by atoms with van der Waals surface area (Å²) >= 11 is 1.34. The number of carbonyl (C=O) groups is 1. The molecular formula is C20H19NO3S. The number of thiophene rings is 1. The monoisotopic (exact) mass is 353 g/mol. The van der Waals surface area contributed by atoms with Crippen molar-refractivity contribution in [3.8, 4) is 16.9 Å². The summed E-state index contributed by atoms with van der Waals surface area (Å²) in [6.45, 7) is 2.61. The van der Waals surface area contributed by atoms with Crippen molar-refractivity contribution in [3.63, 3.8) is 0 Å². The topological polar surface area (TPSA) is 61.5 Å². The van der Waals surface area contributed by atoms with E-state index in [0.29, 0.717) is 23.8 Å². The Balaban J connectivity index is 1.76. The van der Waals surface area contributed by atoms with E-state index >= 15 is 0 Å². The van der Waals surface area contributed by atoms with E-state index in [9.17, 15) is 4.79 Å². The smallest absolute Gasteiger partial charge is 0.341 e. The minimum atomic E-state index is -0.388. The molecule has 3 aromatic rings. The van der Waals surface area contributed by atoms with Gasteiger partial charge in [-0.15, -0.1) is 11.3 Å². The number of ether oxygens (including phenoxy) is 2. The highest BCUT2D eigenvalue weighted by Crippen LogP contribution is 2.35. The van der Waals surface area contributed by atoms with E-state index in [4.69, 9.17) is 15.2 Å². The summed E-state index contributed by atoms with van der Waals surface area (Å²) in [5.74, 6) is 0.383. The third-order valence-electron chi connectivity index (χ3n) is 3.71. The van der Waals surface area contributed by atoms with Crippen LogP contribution in [0.1, 0.15) is 22.8 Å². The molecule has 0 spiro atoms.